The van der Waals surface area contributed by atoms with Crippen LogP contribution in [-0.4, -0.2) is 63.1 Å². The van der Waals surface area contributed by atoms with Gasteiger partial charge in [0.2, 0.25) is 0 Å². The van der Waals surface area contributed by atoms with Crippen molar-refractivity contribution in [3.8, 4) is 17.6 Å². The maximum absolute atomic E-state index is 5.84. The van der Waals surface area contributed by atoms with Gasteiger partial charge in [-0.2, -0.15) is 0 Å². The highest BCUT2D eigenvalue weighted by atomic mass is 16.5. The fourth-order valence-electron chi connectivity index (χ4n) is 2.35. The van der Waals surface area contributed by atoms with Crippen molar-refractivity contribution < 1.29 is 14.2 Å². The van der Waals surface area contributed by atoms with E-state index in [1.54, 1.807) is 19.5 Å². The minimum atomic E-state index is 0.390. The Hall–Kier alpha value is -1.61. The molecule has 0 bridgehead atoms. The molecule has 0 saturated carbocycles. The summed E-state index contributed by atoms with van der Waals surface area (Å²) in [4.78, 5) is 6.52. The summed E-state index contributed by atoms with van der Waals surface area (Å²) >= 11 is 0. The molecule has 1 atom stereocenters. The number of methoxy groups -OCH3 is 1. The van der Waals surface area contributed by atoms with E-state index in [-0.39, 0.29) is 0 Å². The number of rotatable bonds is 7. The predicted molar refractivity (Wildman–Crippen MR) is 85.0 cm³/mol. The molecule has 0 spiro atoms. The molecular formula is C17H24N2O3. The van der Waals surface area contributed by atoms with E-state index in [0.717, 1.165) is 17.9 Å². The molecular weight excluding hydrogens is 280 g/mol. The summed E-state index contributed by atoms with van der Waals surface area (Å²) < 4.78 is 16.0. The minimum absolute atomic E-state index is 0.390. The first-order valence-electron chi connectivity index (χ1n) is 7.63. The number of likely N-dealkylation sites (tertiary alicyclic amines) is 1. The fraction of sp³-hybridized carbons (Fsp3) is 0.588. The SMILES string of the molecule is COCCOCC#Cc1cncc(OC[C@@H]2CCCN2C)c1. The van der Waals surface area contributed by atoms with Gasteiger partial charge in [0.05, 0.1) is 19.4 Å². The van der Waals surface area contributed by atoms with Gasteiger partial charge < -0.3 is 19.1 Å². The second kappa shape index (κ2) is 9.42. The number of hydrogen-bond acceptors (Lipinski definition) is 5. The number of likely N-dealkylation sites (N-methyl/N-ethyl adjacent to an activating group) is 1. The van der Waals surface area contributed by atoms with Gasteiger partial charge in [0.25, 0.3) is 0 Å². The summed E-state index contributed by atoms with van der Waals surface area (Å²) in [5, 5.41) is 0. The van der Waals surface area contributed by atoms with Crippen molar-refractivity contribution in [2.45, 2.75) is 18.9 Å². The van der Waals surface area contributed by atoms with Crippen LogP contribution in [0.4, 0.5) is 0 Å². The van der Waals surface area contributed by atoms with E-state index in [9.17, 15) is 0 Å². The Labute approximate surface area is 132 Å². The Bertz CT molecular complexity index is 510. The van der Waals surface area contributed by atoms with Crippen molar-refractivity contribution in [2.75, 3.05) is 47.1 Å². The normalized spacial score (nSPS) is 18.0. The number of pyridine rings is 1. The van der Waals surface area contributed by atoms with E-state index in [2.05, 4.69) is 28.8 Å². The lowest BCUT2D eigenvalue weighted by atomic mass is 10.2. The Morgan fingerprint density at radius 2 is 2.27 bits per heavy atom. The fourth-order valence-corrected chi connectivity index (χ4v) is 2.35. The third-order valence-corrected chi connectivity index (χ3v) is 3.67. The molecule has 0 aliphatic carbocycles. The van der Waals surface area contributed by atoms with Crippen molar-refractivity contribution >= 4 is 0 Å². The van der Waals surface area contributed by atoms with Crippen molar-refractivity contribution in [3.63, 3.8) is 0 Å². The molecule has 0 radical (unpaired) electrons. The number of ether oxygens (including phenoxy) is 3. The largest absolute Gasteiger partial charge is 0.490 e. The quantitative estimate of drug-likeness (QED) is 0.565. The maximum Gasteiger partial charge on any atom is 0.138 e. The average molecular weight is 304 g/mol. The molecule has 1 aliphatic heterocycles. The average Bonchev–Trinajstić information content (AvgIpc) is 2.94. The molecule has 120 valence electrons. The van der Waals surface area contributed by atoms with Gasteiger partial charge in [-0.1, -0.05) is 11.8 Å². The molecule has 1 aliphatic rings. The summed E-state index contributed by atoms with van der Waals surface area (Å²) in [6, 6.07) is 2.42. The summed E-state index contributed by atoms with van der Waals surface area (Å²) in [5.74, 6) is 6.76. The van der Waals surface area contributed by atoms with Gasteiger partial charge >= 0.3 is 0 Å². The Balaban J connectivity index is 1.78. The number of nitrogens with zero attached hydrogens (tertiary/aromatic N) is 2. The van der Waals surface area contributed by atoms with E-state index in [4.69, 9.17) is 14.2 Å². The maximum atomic E-state index is 5.84. The Morgan fingerprint density at radius 1 is 1.36 bits per heavy atom. The third-order valence-electron chi connectivity index (χ3n) is 3.67. The molecule has 22 heavy (non-hydrogen) atoms. The van der Waals surface area contributed by atoms with Crippen LogP contribution in [0.3, 0.4) is 0 Å². The van der Waals surface area contributed by atoms with Crippen LogP contribution in [0.2, 0.25) is 0 Å². The predicted octanol–water partition coefficient (Wildman–Crippen LogP) is 1.57. The van der Waals surface area contributed by atoms with Crippen LogP contribution in [-0.2, 0) is 9.47 Å². The third kappa shape index (κ3) is 5.64. The first kappa shape index (κ1) is 16.8. The Morgan fingerprint density at radius 3 is 3.05 bits per heavy atom. The first-order valence-corrected chi connectivity index (χ1v) is 7.63. The number of hydrogen-bond donors (Lipinski definition) is 0. The molecule has 0 N–H and O–H groups in total. The van der Waals surface area contributed by atoms with Crippen molar-refractivity contribution in [3.05, 3.63) is 24.0 Å². The lowest BCUT2D eigenvalue weighted by Gasteiger charge is -2.19. The minimum Gasteiger partial charge on any atom is -0.490 e. The highest BCUT2D eigenvalue weighted by Crippen LogP contribution is 2.17. The van der Waals surface area contributed by atoms with Crippen LogP contribution in [0.5, 0.6) is 5.75 Å². The molecule has 1 aromatic heterocycles. The molecule has 1 fully saturated rings. The van der Waals surface area contributed by atoms with E-state index in [1.807, 2.05) is 6.07 Å². The van der Waals surface area contributed by atoms with E-state index < -0.39 is 0 Å². The molecule has 2 heterocycles. The lowest BCUT2D eigenvalue weighted by molar-refractivity contribution is 0.0877. The molecule has 5 nitrogen and oxygen atoms in total. The van der Waals surface area contributed by atoms with Crippen LogP contribution in [0.25, 0.3) is 0 Å². The molecule has 0 amide bonds. The zero-order chi connectivity index (χ0) is 15.6. The van der Waals surface area contributed by atoms with Crippen LogP contribution in [0, 0.1) is 11.8 Å². The van der Waals surface area contributed by atoms with Crippen LogP contribution >= 0.6 is 0 Å². The van der Waals surface area contributed by atoms with Crippen molar-refractivity contribution in [2.24, 2.45) is 0 Å². The summed E-state index contributed by atoms with van der Waals surface area (Å²) in [6.07, 6.45) is 5.91. The van der Waals surface area contributed by atoms with Crippen LogP contribution < -0.4 is 4.74 Å². The first-order chi connectivity index (χ1) is 10.8. The van der Waals surface area contributed by atoms with Gasteiger partial charge in [-0.05, 0) is 32.5 Å². The van der Waals surface area contributed by atoms with Gasteiger partial charge in [-0.15, -0.1) is 0 Å². The second-order valence-corrected chi connectivity index (χ2v) is 5.34. The molecule has 1 saturated heterocycles. The van der Waals surface area contributed by atoms with Crippen LogP contribution in [0.1, 0.15) is 18.4 Å². The molecule has 5 heteroatoms. The van der Waals surface area contributed by atoms with E-state index >= 15 is 0 Å². The van der Waals surface area contributed by atoms with Gasteiger partial charge in [0.1, 0.15) is 19.0 Å². The summed E-state index contributed by atoms with van der Waals surface area (Å²) in [5.41, 5.74) is 0.840. The highest BCUT2D eigenvalue weighted by Gasteiger charge is 2.21. The Kier molecular flexibility index (Phi) is 7.17. The molecule has 1 aromatic rings. The zero-order valence-electron chi connectivity index (χ0n) is 13.4. The topological polar surface area (TPSA) is 43.8 Å². The summed E-state index contributed by atoms with van der Waals surface area (Å²) in [7, 11) is 3.79. The van der Waals surface area contributed by atoms with E-state index in [1.165, 1.54) is 12.8 Å². The summed E-state index contributed by atoms with van der Waals surface area (Å²) in [6.45, 7) is 3.39. The molecule has 2 rings (SSSR count). The monoisotopic (exact) mass is 304 g/mol. The van der Waals surface area contributed by atoms with E-state index in [0.29, 0.717) is 32.5 Å². The van der Waals surface area contributed by atoms with Gasteiger partial charge in [-0.3, -0.25) is 4.98 Å². The van der Waals surface area contributed by atoms with Gasteiger partial charge in [0.15, 0.2) is 0 Å². The number of aromatic nitrogens is 1. The molecule has 0 unspecified atom stereocenters. The van der Waals surface area contributed by atoms with Gasteiger partial charge in [0, 0.05) is 24.9 Å². The van der Waals surface area contributed by atoms with Crippen molar-refractivity contribution in [1.82, 2.24) is 9.88 Å². The van der Waals surface area contributed by atoms with Crippen LogP contribution in [0.15, 0.2) is 18.5 Å². The smallest absolute Gasteiger partial charge is 0.138 e. The second-order valence-electron chi connectivity index (χ2n) is 5.34. The van der Waals surface area contributed by atoms with Crippen molar-refractivity contribution in [1.29, 1.82) is 0 Å². The zero-order valence-corrected chi connectivity index (χ0v) is 13.4. The highest BCUT2D eigenvalue weighted by molar-refractivity contribution is 5.36. The molecule has 0 aromatic carbocycles. The lowest BCUT2D eigenvalue weighted by Crippen LogP contribution is -2.30. The standard InChI is InChI=1S/C17H24N2O3/c1-19-7-3-6-16(19)14-22-17-11-15(12-18-13-17)5-4-8-21-10-9-20-2/h11-13,16H,3,6-10,14H2,1-2H3/t16-/m0/s1. The van der Waals surface area contributed by atoms with Gasteiger partial charge in [-0.25, -0.2) is 0 Å².